The van der Waals surface area contributed by atoms with Crippen molar-refractivity contribution in [3.8, 4) is 17.2 Å². The predicted octanol–water partition coefficient (Wildman–Crippen LogP) is 3.73. The fraction of sp³-hybridized carbons (Fsp3) is 0.167. The first-order valence-electron chi connectivity index (χ1n) is 10.1. The van der Waals surface area contributed by atoms with Crippen molar-refractivity contribution in [3.05, 3.63) is 76.8 Å². The quantitative estimate of drug-likeness (QED) is 0.660. The van der Waals surface area contributed by atoms with Gasteiger partial charge >= 0.3 is 0 Å². The molecule has 3 aromatic carbocycles. The van der Waals surface area contributed by atoms with Gasteiger partial charge in [-0.25, -0.2) is 0 Å². The number of rotatable bonds is 3. The van der Waals surface area contributed by atoms with E-state index in [1.807, 2.05) is 30.3 Å². The summed E-state index contributed by atoms with van der Waals surface area (Å²) < 4.78 is 16.9. The van der Waals surface area contributed by atoms with Gasteiger partial charge in [0.05, 0.1) is 0 Å². The highest BCUT2D eigenvalue weighted by atomic mass is 35.5. The van der Waals surface area contributed by atoms with E-state index in [2.05, 4.69) is 5.32 Å². The molecule has 0 aromatic heterocycles. The van der Waals surface area contributed by atoms with Crippen LogP contribution in [0.5, 0.6) is 17.2 Å². The van der Waals surface area contributed by atoms with Crippen LogP contribution in [-0.4, -0.2) is 31.8 Å². The van der Waals surface area contributed by atoms with E-state index in [0.29, 0.717) is 33.6 Å². The number of hydrogen-bond donors (Lipinski definition) is 1. The number of amides is 2. The van der Waals surface area contributed by atoms with Gasteiger partial charge in [-0.15, -0.1) is 0 Å². The molecule has 0 saturated carbocycles. The molecule has 3 aliphatic heterocycles. The van der Waals surface area contributed by atoms with Gasteiger partial charge in [-0.05, 0) is 35.9 Å². The molecule has 8 heteroatoms. The summed E-state index contributed by atoms with van der Waals surface area (Å²) in [5, 5.41) is 3.32. The minimum Gasteiger partial charge on any atom is -0.491 e. The Bertz CT molecular complexity index is 1290. The number of ether oxygens (including phenoxy) is 3. The molecule has 3 heterocycles. The first-order chi connectivity index (χ1) is 15.6. The summed E-state index contributed by atoms with van der Waals surface area (Å²) in [7, 11) is 0. The number of hydrogen-bond acceptors (Lipinski definition) is 5. The zero-order valence-corrected chi connectivity index (χ0v) is 17.5. The van der Waals surface area contributed by atoms with Crippen LogP contribution in [0.2, 0.25) is 5.02 Å². The molecule has 0 radical (unpaired) electrons. The third-order valence-electron chi connectivity index (χ3n) is 6.05. The molecule has 1 N–H and O–H groups in total. The van der Waals surface area contributed by atoms with E-state index in [-0.39, 0.29) is 31.8 Å². The molecule has 2 amide bonds. The van der Waals surface area contributed by atoms with Crippen LogP contribution >= 0.6 is 11.6 Å². The van der Waals surface area contributed by atoms with Crippen molar-refractivity contribution in [1.29, 1.82) is 0 Å². The van der Waals surface area contributed by atoms with Crippen LogP contribution < -0.4 is 24.4 Å². The first kappa shape index (κ1) is 19.0. The molecule has 1 atom stereocenters. The first-order valence-corrected chi connectivity index (χ1v) is 10.5. The Morgan fingerprint density at radius 2 is 1.78 bits per heavy atom. The second-order valence-corrected chi connectivity index (χ2v) is 8.30. The van der Waals surface area contributed by atoms with Gasteiger partial charge < -0.3 is 24.4 Å². The number of para-hydroxylation sites is 1. The lowest BCUT2D eigenvalue weighted by molar-refractivity contribution is -0.124. The highest BCUT2D eigenvalue weighted by Gasteiger charge is 2.57. The Labute approximate surface area is 188 Å². The van der Waals surface area contributed by atoms with E-state index in [1.54, 1.807) is 30.3 Å². The van der Waals surface area contributed by atoms with Crippen LogP contribution in [0.25, 0.3) is 0 Å². The van der Waals surface area contributed by atoms with Gasteiger partial charge in [-0.2, -0.15) is 0 Å². The Morgan fingerprint density at radius 1 is 0.969 bits per heavy atom. The fourth-order valence-corrected chi connectivity index (χ4v) is 4.82. The SMILES string of the molecule is O=C(CN1C(=O)C2(COc3cc4c(cc32)OCO4)c2ccccc21)Nc1cccc(Cl)c1. The number of halogens is 1. The van der Waals surface area contributed by atoms with Gasteiger partial charge in [0.25, 0.3) is 0 Å². The molecule has 0 aliphatic carbocycles. The van der Waals surface area contributed by atoms with Crippen molar-refractivity contribution < 1.29 is 23.8 Å². The monoisotopic (exact) mass is 448 g/mol. The Balaban J connectivity index is 1.37. The minimum atomic E-state index is -1.04. The lowest BCUT2D eigenvalue weighted by Gasteiger charge is -2.23. The largest absolute Gasteiger partial charge is 0.491 e. The van der Waals surface area contributed by atoms with Crippen molar-refractivity contribution >= 4 is 34.8 Å². The topological polar surface area (TPSA) is 77.1 Å². The number of benzene rings is 3. The molecule has 32 heavy (non-hydrogen) atoms. The van der Waals surface area contributed by atoms with Crippen molar-refractivity contribution in [2.24, 2.45) is 0 Å². The molecule has 0 bridgehead atoms. The number of nitrogens with one attached hydrogen (secondary N) is 1. The number of carbonyl (C=O) groups is 2. The molecule has 0 saturated heterocycles. The molecular weight excluding hydrogens is 432 g/mol. The van der Waals surface area contributed by atoms with Crippen molar-refractivity contribution in [2.75, 3.05) is 30.2 Å². The van der Waals surface area contributed by atoms with Crippen LogP contribution in [0, 0.1) is 0 Å². The molecule has 7 nitrogen and oxygen atoms in total. The fourth-order valence-electron chi connectivity index (χ4n) is 4.63. The van der Waals surface area contributed by atoms with E-state index in [9.17, 15) is 9.59 Å². The maximum absolute atomic E-state index is 13.9. The second kappa shape index (κ2) is 6.90. The molecule has 6 rings (SSSR count). The summed E-state index contributed by atoms with van der Waals surface area (Å²) in [6.45, 7) is 0.142. The van der Waals surface area contributed by atoms with Gasteiger partial charge in [0, 0.05) is 28.0 Å². The average molecular weight is 449 g/mol. The van der Waals surface area contributed by atoms with Crippen molar-refractivity contribution in [3.63, 3.8) is 0 Å². The molecule has 3 aliphatic rings. The Hall–Kier alpha value is -3.71. The maximum atomic E-state index is 13.9. The Morgan fingerprint density at radius 3 is 2.62 bits per heavy atom. The van der Waals surface area contributed by atoms with Crippen LogP contribution in [0.15, 0.2) is 60.7 Å². The van der Waals surface area contributed by atoms with Gasteiger partial charge in [-0.3, -0.25) is 9.59 Å². The number of nitrogens with zero attached hydrogens (tertiary/aromatic N) is 1. The highest BCUT2D eigenvalue weighted by Crippen LogP contribution is 2.54. The lowest BCUT2D eigenvalue weighted by atomic mass is 9.77. The van der Waals surface area contributed by atoms with Crippen LogP contribution in [0.3, 0.4) is 0 Å². The van der Waals surface area contributed by atoms with E-state index in [0.717, 1.165) is 11.1 Å². The normalized spacial score (nSPS) is 19.7. The van der Waals surface area contributed by atoms with E-state index >= 15 is 0 Å². The molecular formula is C24H17ClN2O5. The summed E-state index contributed by atoms with van der Waals surface area (Å²) in [6, 6.07) is 17.9. The lowest BCUT2D eigenvalue weighted by Crippen LogP contribution is -2.45. The van der Waals surface area contributed by atoms with Crippen molar-refractivity contribution in [2.45, 2.75) is 5.41 Å². The maximum Gasteiger partial charge on any atom is 0.246 e. The summed E-state index contributed by atoms with van der Waals surface area (Å²) in [4.78, 5) is 28.2. The predicted molar refractivity (Wildman–Crippen MR) is 118 cm³/mol. The third kappa shape index (κ3) is 2.67. The van der Waals surface area contributed by atoms with E-state index < -0.39 is 5.41 Å². The van der Waals surface area contributed by atoms with Crippen LogP contribution in [0.1, 0.15) is 11.1 Å². The summed E-state index contributed by atoms with van der Waals surface area (Å²) in [5.41, 5.74) is 1.74. The van der Waals surface area contributed by atoms with E-state index in [1.165, 1.54) is 4.90 Å². The average Bonchev–Trinajstić information content (AvgIpc) is 3.45. The summed E-state index contributed by atoms with van der Waals surface area (Å²) in [6.07, 6.45) is 0. The zero-order valence-electron chi connectivity index (χ0n) is 16.8. The molecule has 1 spiro atoms. The van der Waals surface area contributed by atoms with E-state index in [4.69, 9.17) is 25.8 Å². The van der Waals surface area contributed by atoms with Gasteiger partial charge in [-0.1, -0.05) is 35.9 Å². The van der Waals surface area contributed by atoms with Crippen LogP contribution in [0.4, 0.5) is 11.4 Å². The smallest absolute Gasteiger partial charge is 0.246 e. The Kier molecular flexibility index (Phi) is 4.10. The molecule has 160 valence electrons. The third-order valence-corrected chi connectivity index (χ3v) is 6.29. The van der Waals surface area contributed by atoms with Gasteiger partial charge in [0.1, 0.15) is 24.3 Å². The molecule has 1 unspecified atom stereocenters. The summed E-state index contributed by atoms with van der Waals surface area (Å²) in [5.74, 6) is 1.23. The molecule has 3 aromatic rings. The minimum absolute atomic E-state index is 0.131. The summed E-state index contributed by atoms with van der Waals surface area (Å²) >= 11 is 6.01. The zero-order chi connectivity index (χ0) is 21.9. The highest BCUT2D eigenvalue weighted by molar-refractivity contribution is 6.31. The number of fused-ring (bicyclic) bond motifs is 5. The number of anilines is 2. The van der Waals surface area contributed by atoms with Crippen molar-refractivity contribution in [1.82, 2.24) is 0 Å². The molecule has 0 fully saturated rings. The van der Waals surface area contributed by atoms with Crippen LogP contribution in [-0.2, 0) is 15.0 Å². The van der Waals surface area contributed by atoms with Gasteiger partial charge in [0.15, 0.2) is 11.5 Å². The standard InChI is InChI=1S/C24H17ClN2O5/c25-14-4-3-5-15(8-14)26-22(28)11-27-18-7-2-1-6-16(18)24(23(27)29)12-30-19-10-21-20(9-17(19)24)31-13-32-21/h1-10H,11-13H2,(H,26,28). The second-order valence-electron chi connectivity index (χ2n) is 7.86. The van der Waals surface area contributed by atoms with Gasteiger partial charge in [0.2, 0.25) is 18.6 Å². The number of carbonyl (C=O) groups excluding carboxylic acids is 2.